The second-order valence-corrected chi connectivity index (χ2v) is 7.91. The van der Waals surface area contributed by atoms with Crippen molar-refractivity contribution < 1.29 is 14.3 Å². The van der Waals surface area contributed by atoms with Gasteiger partial charge in [0.25, 0.3) is 11.8 Å². The van der Waals surface area contributed by atoms with E-state index in [4.69, 9.17) is 16.3 Å². The highest BCUT2D eigenvalue weighted by Gasteiger charge is 2.13. The molecule has 2 amide bonds. The van der Waals surface area contributed by atoms with Crippen LogP contribution in [0.1, 0.15) is 46.8 Å². The first-order chi connectivity index (χ1) is 14.8. The van der Waals surface area contributed by atoms with Gasteiger partial charge in [0.2, 0.25) is 0 Å². The number of hydrogen-bond donors (Lipinski definition) is 2. The Morgan fingerprint density at radius 3 is 2.68 bits per heavy atom. The van der Waals surface area contributed by atoms with E-state index in [1.165, 1.54) is 6.20 Å². The molecule has 0 aliphatic rings. The van der Waals surface area contributed by atoms with Crippen LogP contribution in [0.2, 0.25) is 5.02 Å². The summed E-state index contributed by atoms with van der Waals surface area (Å²) in [6.07, 6.45) is 3.01. The predicted octanol–water partition coefficient (Wildman–Crippen LogP) is 3.86. The molecule has 1 heterocycles. The molecule has 0 spiro atoms. The number of carbonyl (C=O) groups is 2. The van der Waals surface area contributed by atoms with E-state index in [1.807, 2.05) is 43.3 Å². The Labute approximate surface area is 186 Å². The van der Waals surface area contributed by atoms with Crippen LogP contribution in [-0.2, 0) is 11.3 Å². The maximum atomic E-state index is 12.3. The summed E-state index contributed by atoms with van der Waals surface area (Å²) >= 11 is 6.16. The largest absolute Gasteiger partial charge is 0.483 e. The van der Waals surface area contributed by atoms with Crippen LogP contribution in [0.3, 0.4) is 0 Å². The molecule has 0 saturated heterocycles. The standard InChI is InChI=1S/C23H25ClN4O3/c1-15(2)19-9-8-16(3)10-21(19)31-14-22(29)26-27-23(30)18-11-25-28(13-18)12-17-6-4-5-7-20(17)24/h4-11,13,15H,12,14H2,1-3H3,(H,26,29)(H,27,30). The van der Waals surface area contributed by atoms with Crippen LogP contribution in [0, 0.1) is 6.92 Å². The number of amides is 2. The van der Waals surface area contributed by atoms with Crippen LogP contribution < -0.4 is 15.6 Å². The minimum atomic E-state index is -0.475. The molecule has 2 N–H and O–H groups in total. The summed E-state index contributed by atoms with van der Waals surface area (Å²) in [6, 6.07) is 13.3. The zero-order chi connectivity index (χ0) is 22.4. The third-order valence-corrected chi connectivity index (χ3v) is 5.02. The van der Waals surface area contributed by atoms with Gasteiger partial charge in [0, 0.05) is 11.2 Å². The van der Waals surface area contributed by atoms with Crippen molar-refractivity contribution in [2.24, 2.45) is 0 Å². The number of nitrogens with one attached hydrogen (secondary N) is 2. The zero-order valence-electron chi connectivity index (χ0n) is 17.7. The Morgan fingerprint density at radius 2 is 1.94 bits per heavy atom. The zero-order valence-corrected chi connectivity index (χ0v) is 18.4. The van der Waals surface area contributed by atoms with Gasteiger partial charge in [-0.3, -0.25) is 25.1 Å². The third kappa shape index (κ3) is 6.08. The van der Waals surface area contributed by atoms with E-state index in [-0.39, 0.29) is 12.5 Å². The first-order valence-electron chi connectivity index (χ1n) is 9.92. The molecule has 31 heavy (non-hydrogen) atoms. The summed E-state index contributed by atoms with van der Waals surface area (Å²) in [5, 5.41) is 4.80. The van der Waals surface area contributed by atoms with E-state index in [0.29, 0.717) is 22.9 Å². The number of aryl methyl sites for hydroxylation is 1. The molecule has 3 rings (SSSR count). The lowest BCUT2D eigenvalue weighted by Crippen LogP contribution is -2.43. The molecule has 0 fully saturated rings. The molecule has 8 heteroatoms. The molecule has 2 aromatic carbocycles. The average Bonchev–Trinajstić information content (AvgIpc) is 3.20. The molecule has 0 aliphatic heterocycles. The Hall–Kier alpha value is -3.32. The average molecular weight is 441 g/mol. The number of nitrogens with zero attached hydrogens (tertiary/aromatic N) is 2. The van der Waals surface area contributed by atoms with Gasteiger partial charge < -0.3 is 4.74 Å². The van der Waals surface area contributed by atoms with Crippen molar-refractivity contribution in [2.75, 3.05) is 6.61 Å². The van der Waals surface area contributed by atoms with Crippen LogP contribution in [0.4, 0.5) is 0 Å². The number of hydrogen-bond acceptors (Lipinski definition) is 4. The number of carbonyl (C=O) groups excluding carboxylic acids is 2. The summed E-state index contributed by atoms with van der Waals surface area (Å²) in [4.78, 5) is 24.4. The van der Waals surface area contributed by atoms with E-state index in [0.717, 1.165) is 16.7 Å². The molecule has 3 aromatic rings. The van der Waals surface area contributed by atoms with Gasteiger partial charge in [-0.1, -0.05) is 55.8 Å². The molecular formula is C23H25ClN4O3. The van der Waals surface area contributed by atoms with Crippen LogP contribution in [-0.4, -0.2) is 28.2 Å². The molecule has 0 bridgehead atoms. The first-order valence-corrected chi connectivity index (χ1v) is 10.3. The lowest BCUT2D eigenvalue weighted by Gasteiger charge is -2.15. The molecule has 162 valence electrons. The number of ether oxygens (including phenoxy) is 1. The van der Waals surface area contributed by atoms with Gasteiger partial charge in [0.1, 0.15) is 5.75 Å². The van der Waals surface area contributed by atoms with Crippen molar-refractivity contribution in [3.05, 3.63) is 82.1 Å². The van der Waals surface area contributed by atoms with E-state index < -0.39 is 11.8 Å². The van der Waals surface area contributed by atoms with E-state index >= 15 is 0 Å². The molecule has 0 radical (unpaired) electrons. The predicted molar refractivity (Wildman–Crippen MR) is 119 cm³/mol. The number of benzene rings is 2. The second-order valence-electron chi connectivity index (χ2n) is 7.50. The number of rotatable bonds is 7. The van der Waals surface area contributed by atoms with Gasteiger partial charge >= 0.3 is 0 Å². The van der Waals surface area contributed by atoms with E-state index in [2.05, 4.69) is 29.8 Å². The maximum absolute atomic E-state index is 12.3. The van der Waals surface area contributed by atoms with Gasteiger partial charge in [-0.15, -0.1) is 0 Å². The van der Waals surface area contributed by atoms with Crippen LogP contribution in [0.5, 0.6) is 5.75 Å². The monoisotopic (exact) mass is 440 g/mol. The second kappa shape index (κ2) is 10.1. The lowest BCUT2D eigenvalue weighted by molar-refractivity contribution is -0.123. The number of halogens is 1. The molecule has 0 saturated carbocycles. The van der Waals surface area contributed by atoms with Gasteiger partial charge in [0.15, 0.2) is 6.61 Å². The molecular weight excluding hydrogens is 416 g/mol. The van der Waals surface area contributed by atoms with Crippen molar-refractivity contribution in [1.29, 1.82) is 0 Å². The van der Waals surface area contributed by atoms with Gasteiger partial charge in [-0.25, -0.2) is 0 Å². The van der Waals surface area contributed by atoms with E-state index in [1.54, 1.807) is 16.9 Å². The Kier molecular flexibility index (Phi) is 7.31. The fraction of sp³-hybridized carbons (Fsp3) is 0.261. The van der Waals surface area contributed by atoms with Gasteiger partial charge in [-0.05, 0) is 41.7 Å². The Balaban J connectivity index is 1.51. The summed E-state index contributed by atoms with van der Waals surface area (Å²) in [6.45, 7) is 6.30. The maximum Gasteiger partial charge on any atom is 0.276 e. The normalized spacial score (nSPS) is 10.7. The topological polar surface area (TPSA) is 85.2 Å². The molecule has 0 atom stereocenters. The lowest BCUT2D eigenvalue weighted by atomic mass is 10.0. The van der Waals surface area contributed by atoms with Crippen LogP contribution >= 0.6 is 11.6 Å². The Morgan fingerprint density at radius 1 is 1.16 bits per heavy atom. The van der Waals surface area contributed by atoms with Gasteiger partial charge in [0.05, 0.1) is 18.3 Å². The molecule has 0 unspecified atom stereocenters. The minimum Gasteiger partial charge on any atom is -0.483 e. The third-order valence-electron chi connectivity index (χ3n) is 4.65. The number of hydrazine groups is 1. The summed E-state index contributed by atoms with van der Waals surface area (Å²) in [5.41, 5.74) is 8.00. The minimum absolute atomic E-state index is 0.213. The van der Waals surface area contributed by atoms with Crippen molar-refractivity contribution in [2.45, 2.75) is 33.2 Å². The highest BCUT2D eigenvalue weighted by atomic mass is 35.5. The molecule has 0 aliphatic carbocycles. The number of aromatic nitrogens is 2. The summed E-state index contributed by atoms with van der Waals surface area (Å²) in [7, 11) is 0. The smallest absolute Gasteiger partial charge is 0.276 e. The van der Waals surface area contributed by atoms with Crippen LogP contribution in [0.25, 0.3) is 0 Å². The van der Waals surface area contributed by atoms with Gasteiger partial charge in [-0.2, -0.15) is 5.10 Å². The van der Waals surface area contributed by atoms with Crippen molar-refractivity contribution >= 4 is 23.4 Å². The Bertz CT molecular complexity index is 1080. The highest BCUT2D eigenvalue weighted by molar-refractivity contribution is 6.31. The first kappa shape index (κ1) is 22.4. The SMILES string of the molecule is Cc1ccc(C(C)C)c(OCC(=O)NNC(=O)c2cnn(Cc3ccccc3Cl)c2)c1. The molecule has 1 aromatic heterocycles. The van der Waals surface area contributed by atoms with Crippen molar-refractivity contribution in [1.82, 2.24) is 20.6 Å². The summed E-state index contributed by atoms with van der Waals surface area (Å²) in [5.74, 6) is -0.0109. The van der Waals surface area contributed by atoms with Crippen molar-refractivity contribution in [3.8, 4) is 5.75 Å². The van der Waals surface area contributed by atoms with Crippen LogP contribution in [0.15, 0.2) is 54.9 Å². The van der Waals surface area contributed by atoms with E-state index in [9.17, 15) is 9.59 Å². The fourth-order valence-electron chi connectivity index (χ4n) is 2.99. The van der Waals surface area contributed by atoms with Crippen molar-refractivity contribution in [3.63, 3.8) is 0 Å². The molecule has 7 nitrogen and oxygen atoms in total. The quantitative estimate of drug-likeness (QED) is 0.546. The fourth-order valence-corrected chi connectivity index (χ4v) is 3.19. The summed E-state index contributed by atoms with van der Waals surface area (Å²) < 4.78 is 7.27. The highest BCUT2D eigenvalue weighted by Crippen LogP contribution is 2.27.